The van der Waals surface area contributed by atoms with Gasteiger partial charge in [-0.25, -0.2) is 4.42 Å². The molecule has 1 saturated heterocycles. The molecule has 0 saturated carbocycles. The van der Waals surface area contributed by atoms with E-state index in [1.807, 2.05) is 4.42 Å². The molecule has 0 aromatic carbocycles. The van der Waals surface area contributed by atoms with Crippen molar-refractivity contribution in [1.29, 1.82) is 0 Å². The van der Waals surface area contributed by atoms with Crippen molar-refractivity contribution < 1.29 is 0 Å². The quantitative estimate of drug-likeness (QED) is 0.475. The summed E-state index contributed by atoms with van der Waals surface area (Å²) in [6.45, 7) is 6.63. The highest BCUT2D eigenvalue weighted by Crippen LogP contribution is 2.28. The molecule has 0 aliphatic carbocycles. The van der Waals surface area contributed by atoms with Gasteiger partial charge < -0.3 is 0 Å². The fraction of sp³-hybridized carbons (Fsp3) is 1.00. The third kappa shape index (κ3) is 2.15. The van der Waals surface area contributed by atoms with Crippen LogP contribution in [-0.2, 0) is 0 Å². The van der Waals surface area contributed by atoms with Crippen LogP contribution in [0.3, 0.4) is 0 Å². The highest BCUT2D eigenvalue weighted by molar-refractivity contribution is 6.13. The zero-order valence-corrected chi connectivity index (χ0v) is 6.91. The van der Waals surface area contributed by atoms with Crippen LogP contribution in [0, 0.1) is 5.41 Å². The van der Waals surface area contributed by atoms with Gasteiger partial charge in [-0.05, 0) is 30.0 Å². The topological polar surface area (TPSA) is 3.24 Å². The molecule has 0 amide bonds. The van der Waals surface area contributed by atoms with Gasteiger partial charge in [0.25, 0.3) is 0 Å². The molecule has 1 aliphatic heterocycles. The average molecular weight is 148 g/mol. The molecule has 0 aromatic rings. The van der Waals surface area contributed by atoms with Crippen molar-refractivity contribution in [3.63, 3.8) is 0 Å². The van der Waals surface area contributed by atoms with E-state index < -0.39 is 0 Å². The van der Waals surface area contributed by atoms with Gasteiger partial charge in [0.05, 0.1) is 0 Å². The molecule has 1 fully saturated rings. The Kier molecular flexibility index (Phi) is 2.02. The van der Waals surface area contributed by atoms with Crippen LogP contribution in [0.25, 0.3) is 0 Å². The van der Waals surface area contributed by atoms with Crippen LogP contribution in [0.5, 0.6) is 0 Å². The summed E-state index contributed by atoms with van der Waals surface area (Å²) in [5.74, 6) is 0. The van der Waals surface area contributed by atoms with Gasteiger partial charge in [-0.1, -0.05) is 13.8 Å². The Morgan fingerprint density at radius 1 is 1.44 bits per heavy atom. The second-order valence-corrected chi connectivity index (χ2v) is 4.09. The van der Waals surface area contributed by atoms with Crippen molar-refractivity contribution >= 4 is 11.8 Å². The third-order valence-electron chi connectivity index (χ3n) is 1.85. The van der Waals surface area contributed by atoms with E-state index in [1.165, 1.54) is 12.8 Å². The molecule has 0 N–H and O–H groups in total. The zero-order chi connectivity index (χ0) is 6.91. The number of rotatable bonds is 0. The van der Waals surface area contributed by atoms with E-state index in [2.05, 4.69) is 13.8 Å². The van der Waals surface area contributed by atoms with E-state index in [4.69, 9.17) is 11.8 Å². The molecule has 9 heavy (non-hydrogen) atoms. The van der Waals surface area contributed by atoms with E-state index in [9.17, 15) is 0 Å². The maximum atomic E-state index is 5.83. The molecule has 1 heterocycles. The van der Waals surface area contributed by atoms with Crippen molar-refractivity contribution in [3.8, 4) is 0 Å². The molecular weight excluding hydrogens is 134 g/mol. The summed E-state index contributed by atoms with van der Waals surface area (Å²) in [6, 6.07) is 0. The van der Waals surface area contributed by atoms with Crippen molar-refractivity contribution in [2.75, 3.05) is 13.1 Å². The lowest BCUT2D eigenvalue weighted by Crippen LogP contribution is -2.34. The molecule has 1 nitrogen and oxygen atoms in total. The first-order valence-corrected chi connectivity index (χ1v) is 3.85. The molecular formula is C7H14ClN. The number of hydrogen-bond donors (Lipinski definition) is 0. The maximum absolute atomic E-state index is 5.83. The molecule has 1 aliphatic rings. The summed E-state index contributed by atoms with van der Waals surface area (Å²) >= 11 is 5.83. The summed E-state index contributed by atoms with van der Waals surface area (Å²) in [4.78, 5) is 0. The van der Waals surface area contributed by atoms with Crippen molar-refractivity contribution in [2.45, 2.75) is 26.7 Å². The number of nitrogens with zero attached hydrogens (tertiary/aromatic N) is 1. The Balaban J connectivity index is 2.41. The van der Waals surface area contributed by atoms with E-state index in [0.717, 1.165) is 13.1 Å². The van der Waals surface area contributed by atoms with Crippen LogP contribution >= 0.6 is 11.8 Å². The second kappa shape index (κ2) is 2.47. The lowest BCUT2D eigenvalue weighted by molar-refractivity contribution is 0.192. The first-order valence-electron chi connectivity index (χ1n) is 3.51. The Morgan fingerprint density at radius 3 is 2.44 bits per heavy atom. The van der Waals surface area contributed by atoms with Crippen molar-refractivity contribution in [1.82, 2.24) is 4.42 Å². The first-order chi connectivity index (χ1) is 4.10. The normalized spacial score (nSPS) is 28.3. The number of piperidine rings is 1. The lowest BCUT2D eigenvalue weighted by Gasteiger charge is -2.33. The summed E-state index contributed by atoms with van der Waals surface area (Å²) in [5, 5.41) is 0. The summed E-state index contributed by atoms with van der Waals surface area (Å²) in [5.41, 5.74) is 0.444. The molecule has 0 spiro atoms. The van der Waals surface area contributed by atoms with E-state index >= 15 is 0 Å². The minimum Gasteiger partial charge on any atom is -0.220 e. The minimum absolute atomic E-state index is 0.444. The van der Waals surface area contributed by atoms with Gasteiger partial charge in [0.15, 0.2) is 0 Å². The van der Waals surface area contributed by atoms with Gasteiger partial charge in [-0.15, -0.1) is 0 Å². The Bertz CT molecular complexity index is 101. The largest absolute Gasteiger partial charge is 0.220 e. The van der Waals surface area contributed by atoms with Crippen LogP contribution in [-0.4, -0.2) is 17.5 Å². The lowest BCUT2D eigenvalue weighted by atomic mass is 9.85. The molecule has 0 bridgehead atoms. The van der Waals surface area contributed by atoms with E-state index in [-0.39, 0.29) is 0 Å². The Labute approximate surface area is 62.1 Å². The molecule has 0 aromatic heterocycles. The van der Waals surface area contributed by atoms with Crippen LogP contribution in [0.15, 0.2) is 0 Å². The maximum Gasteiger partial charge on any atom is 0.0190 e. The summed E-state index contributed by atoms with van der Waals surface area (Å²) in [7, 11) is 0. The zero-order valence-electron chi connectivity index (χ0n) is 6.15. The van der Waals surface area contributed by atoms with Crippen molar-refractivity contribution in [3.05, 3.63) is 0 Å². The molecule has 1 rings (SSSR count). The standard InChI is InChI=1S/C7H14ClN/c1-7(2)4-3-5-9(8)6-7/h3-6H2,1-2H3. The molecule has 0 atom stereocenters. The predicted molar refractivity (Wildman–Crippen MR) is 40.4 cm³/mol. The first kappa shape index (κ1) is 7.36. The smallest absolute Gasteiger partial charge is 0.0190 e. The average Bonchev–Trinajstić information content (AvgIpc) is 1.60. The fourth-order valence-corrected chi connectivity index (χ4v) is 1.79. The van der Waals surface area contributed by atoms with Gasteiger partial charge >= 0.3 is 0 Å². The number of halogens is 1. The van der Waals surface area contributed by atoms with Crippen LogP contribution in [0.4, 0.5) is 0 Å². The fourth-order valence-electron chi connectivity index (χ4n) is 1.35. The molecule has 0 unspecified atom stereocenters. The predicted octanol–water partition coefficient (Wildman–Crippen LogP) is 2.26. The van der Waals surface area contributed by atoms with Gasteiger partial charge in [0.2, 0.25) is 0 Å². The van der Waals surface area contributed by atoms with Gasteiger partial charge in [0.1, 0.15) is 0 Å². The molecule has 0 radical (unpaired) electrons. The van der Waals surface area contributed by atoms with Crippen LogP contribution < -0.4 is 0 Å². The van der Waals surface area contributed by atoms with E-state index in [0.29, 0.717) is 5.41 Å². The summed E-state index contributed by atoms with van der Waals surface area (Å²) in [6.07, 6.45) is 2.56. The highest BCUT2D eigenvalue weighted by Gasteiger charge is 2.24. The SMILES string of the molecule is CC1(C)CCCN(Cl)C1. The Morgan fingerprint density at radius 2 is 2.11 bits per heavy atom. The molecule has 2 heteroatoms. The van der Waals surface area contributed by atoms with Crippen molar-refractivity contribution in [2.24, 2.45) is 5.41 Å². The summed E-state index contributed by atoms with van der Waals surface area (Å²) < 4.78 is 1.89. The minimum atomic E-state index is 0.444. The van der Waals surface area contributed by atoms with Gasteiger partial charge in [-0.3, -0.25) is 0 Å². The third-order valence-corrected chi connectivity index (χ3v) is 2.14. The molecule has 54 valence electrons. The van der Waals surface area contributed by atoms with E-state index in [1.54, 1.807) is 0 Å². The monoisotopic (exact) mass is 147 g/mol. The van der Waals surface area contributed by atoms with Gasteiger partial charge in [0, 0.05) is 13.1 Å². The van der Waals surface area contributed by atoms with Crippen LogP contribution in [0.2, 0.25) is 0 Å². The Hall–Kier alpha value is 0.250. The van der Waals surface area contributed by atoms with Crippen LogP contribution in [0.1, 0.15) is 26.7 Å². The highest BCUT2D eigenvalue weighted by atomic mass is 35.5. The second-order valence-electron chi connectivity index (χ2n) is 3.61. The number of hydrogen-bond acceptors (Lipinski definition) is 1. The van der Waals surface area contributed by atoms with Gasteiger partial charge in [-0.2, -0.15) is 0 Å².